The van der Waals surface area contributed by atoms with Crippen LogP contribution in [0, 0.1) is 13.8 Å². The van der Waals surface area contributed by atoms with E-state index in [4.69, 9.17) is 5.10 Å². The van der Waals surface area contributed by atoms with Crippen LogP contribution in [-0.4, -0.2) is 9.78 Å². The van der Waals surface area contributed by atoms with Gasteiger partial charge in [-0.2, -0.15) is 5.10 Å². The molecule has 0 atom stereocenters. The molecule has 0 fully saturated rings. The molecule has 2 aromatic carbocycles. The summed E-state index contributed by atoms with van der Waals surface area (Å²) in [4.78, 5) is 0. The first-order valence-corrected chi connectivity index (χ1v) is 10.5. The average molecular weight is 375 g/mol. The Hall–Kier alpha value is -2.35. The second kappa shape index (κ2) is 7.95. The van der Waals surface area contributed by atoms with Gasteiger partial charge in [0, 0.05) is 6.20 Å². The van der Waals surface area contributed by atoms with Crippen LogP contribution in [0.3, 0.4) is 0 Å². The summed E-state index contributed by atoms with van der Waals surface area (Å²) in [6.07, 6.45) is 4.36. The maximum atomic E-state index is 4.72. The van der Waals surface area contributed by atoms with E-state index in [0.717, 1.165) is 18.5 Å². The predicted octanol–water partition coefficient (Wildman–Crippen LogP) is 7.36. The third-order valence-electron chi connectivity index (χ3n) is 5.70. The quantitative estimate of drug-likeness (QED) is 0.456. The molecular weight excluding hydrogens is 340 g/mol. The number of aromatic nitrogens is 2. The van der Waals surface area contributed by atoms with Crippen molar-refractivity contribution in [3.05, 3.63) is 71.0 Å². The Labute approximate surface area is 170 Å². The van der Waals surface area contributed by atoms with Crippen LogP contribution < -0.4 is 0 Å². The first kappa shape index (κ1) is 20.4. The lowest BCUT2D eigenvalue weighted by atomic mass is 9.84. The number of hydrogen-bond acceptors (Lipinski definition) is 1. The normalized spacial score (nSPS) is 12.0. The van der Waals surface area contributed by atoms with Crippen molar-refractivity contribution >= 4 is 0 Å². The van der Waals surface area contributed by atoms with Crippen molar-refractivity contribution in [2.45, 2.75) is 72.6 Å². The Morgan fingerprint density at radius 2 is 1.61 bits per heavy atom. The van der Waals surface area contributed by atoms with E-state index in [2.05, 4.69) is 90.2 Å². The lowest BCUT2D eigenvalue weighted by Gasteiger charge is -2.22. The summed E-state index contributed by atoms with van der Waals surface area (Å²) in [6, 6.07) is 15.9. The molecule has 0 spiro atoms. The van der Waals surface area contributed by atoms with Gasteiger partial charge in [-0.1, -0.05) is 70.5 Å². The van der Waals surface area contributed by atoms with Gasteiger partial charge in [0.25, 0.3) is 0 Å². The number of hydrogen-bond donors (Lipinski definition) is 0. The molecule has 0 saturated heterocycles. The third kappa shape index (κ3) is 4.22. The number of nitrogens with zero attached hydrogens (tertiary/aromatic N) is 2. The highest BCUT2D eigenvalue weighted by molar-refractivity contribution is 5.69. The zero-order valence-corrected chi connectivity index (χ0v) is 18.5. The van der Waals surface area contributed by atoms with Crippen LogP contribution in [0.4, 0.5) is 0 Å². The fourth-order valence-corrected chi connectivity index (χ4v) is 3.93. The molecule has 1 heterocycles. The van der Waals surface area contributed by atoms with Crippen molar-refractivity contribution in [2.24, 2.45) is 0 Å². The molecule has 0 unspecified atom stereocenters. The zero-order valence-electron chi connectivity index (χ0n) is 18.5. The number of benzene rings is 2. The van der Waals surface area contributed by atoms with Crippen LogP contribution in [-0.2, 0) is 5.41 Å². The highest BCUT2D eigenvalue weighted by atomic mass is 15.3. The topological polar surface area (TPSA) is 17.8 Å². The fraction of sp³-hybridized carbons (Fsp3) is 0.423. The lowest BCUT2D eigenvalue weighted by Crippen LogP contribution is -2.11. The molecule has 2 nitrogen and oxygen atoms in total. The van der Waals surface area contributed by atoms with Gasteiger partial charge in [0.15, 0.2) is 0 Å². The van der Waals surface area contributed by atoms with Crippen LogP contribution in [0.5, 0.6) is 0 Å². The lowest BCUT2D eigenvalue weighted by molar-refractivity contribution is 0.590. The van der Waals surface area contributed by atoms with Gasteiger partial charge in [0.1, 0.15) is 0 Å². The predicted molar refractivity (Wildman–Crippen MR) is 120 cm³/mol. The third-order valence-corrected chi connectivity index (χ3v) is 5.70. The van der Waals surface area contributed by atoms with Crippen molar-refractivity contribution in [2.75, 3.05) is 0 Å². The van der Waals surface area contributed by atoms with Gasteiger partial charge in [-0.15, -0.1) is 0 Å². The molecule has 2 heteroatoms. The van der Waals surface area contributed by atoms with E-state index in [9.17, 15) is 0 Å². The molecule has 0 radical (unpaired) electrons. The Kier molecular flexibility index (Phi) is 5.79. The van der Waals surface area contributed by atoms with Gasteiger partial charge in [-0.25, -0.2) is 4.68 Å². The molecule has 1 aromatic heterocycles. The standard InChI is InChI=1S/C26H34N2/c1-8-20(9-2)24-11-10-21(17-25(24)28-13-12-19(4)27-28)22-14-18(3)15-23(16-22)26(5,6)7/h10-17,20H,8-9H2,1-7H3. The summed E-state index contributed by atoms with van der Waals surface area (Å²) in [7, 11) is 0. The number of rotatable bonds is 5. The Bertz CT molecular complexity index is 953. The monoisotopic (exact) mass is 374 g/mol. The van der Waals surface area contributed by atoms with Gasteiger partial charge in [-0.3, -0.25) is 0 Å². The summed E-state index contributed by atoms with van der Waals surface area (Å²) in [5.74, 6) is 0.552. The summed E-state index contributed by atoms with van der Waals surface area (Å²) < 4.78 is 2.05. The van der Waals surface area contributed by atoms with Gasteiger partial charge in [0.05, 0.1) is 11.4 Å². The summed E-state index contributed by atoms with van der Waals surface area (Å²) in [5, 5.41) is 4.72. The van der Waals surface area contributed by atoms with E-state index in [1.165, 1.54) is 33.5 Å². The second-order valence-electron chi connectivity index (χ2n) is 9.03. The molecule has 0 saturated carbocycles. The van der Waals surface area contributed by atoms with E-state index < -0.39 is 0 Å². The molecular formula is C26H34N2. The minimum atomic E-state index is 0.137. The van der Waals surface area contributed by atoms with Crippen molar-refractivity contribution in [1.29, 1.82) is 0 Å². The minimum absolute atomic E-state index is 0.137. The number of aryl methyl sites for hydroxylation is 2. The maximum Gasteiger partial charge on any atom is 0.0686 e. The van der Waals surface area contributed by atoms with Gasteiger partial charge >= 0.3 is 0 Å². The molecule has 3 rings (SSSR count). The summed E-state index contributed by atoms with van der Waals surface area (Å²) in [5.41, 5.74) is 9.01. The zero-order chi connectivity index (χ0) is 20.5. The van der Waals surface area contributed by atoms with Crippen LogP contribution in [0.2, 0.25) is 0 Å². The van der Waals surface area contributed by atoms with E-state index in [-0.39, 0.29) is 5.41 Å². The molecule has 0 amide bonds. The van der Waals surface area contributed by atoms with E-state index in [0.29, 0.717) is 5.92 Å². The SMILES string of the molecule is CCC(CC)c1ccc(-c2cc(C)cc(C(C)(C)C)c2)cc1-n1ccc(C)n1. The highest BCUT2D eigenvalue weighted by Crippen LogP contribution is 2.34. The molecule has 148 valence electrons. The molecule has 28 heavy (non-hydrogen) atoms. The molecule has 0 aliphatic carbocycles. The van der Waals surface area contributed by atoms with E-state index in [1.54, 1.807) is 0 Å². The largest absolute Gasteiger partial charge is 0.240 e. The Morgan fingerprint density at radius 1 is 0.893 bits per heavy atom. The Balaban J connectivity index is 2.18. The van der Waals surface area contributed by atoms with Crippen LogP contribution in [0.1, 0.15) is 75.8 Å². The van der Waals surface area contributed by atoms with Crippen LogP contribution in [0.25, 0.3) is 16.8 Å². The molecule has 0 N–H and O–H groups in total. The van der Waals surface area contributed by atoms with Crippen molar-refractivity contribution in [1.82, 2.24) is 9.78 Å². The molecule has 0 aliphatic heterocycles. The van der Waals surface area contributed by atoms with Crippen LogP contribution in [0.15, 0.2) is 48.7 Å². The fourth-order valence-electron chi connectivity index (χ4n) is 3.93. The minimum Gasteiger partial charge on any atom is -0.240 e. The average Bonchev–Trinajstić information content (AvgIpc) is 3.08. The molecule has 3 aromatic rings. The van der Waals surface area contributed by atoms with E-state index >= 15 is 0 Å². The van der Waals surface area contributed by atoms with Gasteiger partial charge in [-0.05, 0) is 72.4 Å². The first-order valence-electron chi connectivity index (χ1n) is 10.5. The van der Waals surface area contributed by atoms with Crippen molar-refractivity contribution in [3.63, 3.8) is 0 Å². The van der Waals surface area contributed by atoms with Crippen LogP contribution >= 0.6 is 0 Å². The molecule has 0 aliphatic rings. The van der Waals surface area contributed by atoms with Crippen molar-refractivity contribution < 1.29 is 0 Å². The first-order chi connectivity index (χ1) is 13.2. The molecule has 0 bridgehead atoms. The smallest absolute Gasteiger partial charge is 0.0686 e. The van der Waals surface area contributed by atoms with Gasteiger partial charge < -0.3 is 0 Å². The van der Waals surface area contributed by atoms with Gasteiger partial charge in [0.2, 0.25) is 0 Å². The second-order valence-corrected chi connectivity index (χ2v) is 9.03. The maximum absolute atomic E-state index is 4.72. The van der Waals surface area contributed by atoms with Crippen molar-refractivity contribution in [3.8, 4) is 16.8 Å². The summed E-state index contributed by atoms with van der Waals surface area (Å²) in [6.45, 7) is 15.6. The summed E-state index contributed by atoms with van der Waals surface area (Å²) >= 11 is 0. The van der Waals surface area contributed by atoms with E-state index in [1.807, 2.05) is 11.6 Å². The highest BCUT2D eigenvalue weighted by Gasteiger charge is 2.18. The Morgan fingerprint density at radius 3 is 2.18 bits per heavy atom.